The second kappa shape index (κ2) is 6.28. The zero-order chi connectivity index (χ0) is 15.5. The Morgan fingerprint density at radius 3 is 2.73 bits per heavy atom. The average Bonchev–Trinajstić information content (AvgIpc) is 2.58. The Morgan fingerprint density at radius 1 is 1.18 bits per heavy atom. The molecule has 1 fully saturated rings. The highest BCUT2D eigenvalue weighted by Crippen LogP contribution is 2.20. The number of nitrogens with zero attached hydrogens (tertiary/aromatic N) is 2. The summed E-state index contributed by atoms with van der Waals surface area (Å²) in [6.07, 6.45) is 3.46. The monoisotopic (exact) mass is 295 g/mol. The summed E-state index contributed by atoms with van der Waals surface area (Å²) >= 11 is 0. The molecule has 0 bridgehead atoms. The lowest BCUT2D eigenvalue weighted by Gasteiger charge is -2.38. The minimum absolute atomic E-state index is 0.0612. The van der Waals surface area contributed by atoms with Crippen molar-refractivity contribution in [1.82, 2.24) is 15.2 Å². The first-order valence-corrected chi connectivity index (χ1v) is 7.71. The predicted molar refractivity (Wildman–Crippen MR) is 87.6 cm³/mol. The van der Waals surface area contributed by atoms with Crippen LogP contribution in [0.2, 0.25) is 0 Å². The summed E-state index contributed by atoms with van der Waals surface area (Å²) in [5, 5.41) is 3.40. The van der Waals surface area contributed by atoms with E-state index < -0.39 is 0 Å². The van der Waals surface area contributed by atoms with Crippen LogP contribution in [-0.4, -0.2) is 41.0 Å². The van der Waals surface area contributed by atoms with Crippen molar-refractivity contribution in [2.24, 2.45) is 0 Å². The van der Waals surface area contributed by atoms with Crippen LogP contribution in [0.25, 0.3) is 11.1 Å². The Hall–Kier alpha value is -2.20. The van der Waals surface area contributed by atoms with Gasteiger partial charge in [-0.2, -0.15) is 0 Å². The van der Waals surface area contributed by atoms with Gasteiger partial charge in [-0.15, -0.1) is 0 Å². The number of carbonyl (C=O) groups is 1. The molecule has 0 aliphatic carbocycles. The van der Waals surface area contributed by atoms with E-state index in [2.05, 4.69) is 24.1 Å². The van der Waals surface area contributed by atoms with Crippen LogP contribution in [-0.2, 0) is 0 Å². The topological polar surface area (TPSA) is 45.2 Å². The first-order valence-electron chi connectivity index (χ1n) is 7.71. The van der Waals surface area contributed by atoms with Crippen molar-refractivity contribution in [2.75, 3.05) is 13.1 Å². The van der Waals surface area contributed by atoms with E-state index in [0.717, 1.165) is 24.2 Å². The van der Waals surface area contributed by atoms with Gasteiger partial charge in [0, 0.05) is 43.1 Å². The summed E-state index contributed by atoms with van der Waals surface area (Å²) < 4.78 is 0. The number of hydrogen-bond donors (Lipinski definition) is 1. The van der Waals surface area contributed by atoms with Crippen molar-refractivity contribution in [1.29, 1.82) is 0 Å². The van der Waals surface area contributed by atoms with Gasteiger partial charge in [-0.05, 0) is 25.5 Å². The van der Waals surface area contributed by atoms with E-state index >= 15 is 0 Å². The molecule has 1 aromatic heterocycles. The molecule has 2 heterocycles. The van der Waals surface area contributed by atoms with E-state index in [1.54, 1.807) is 12.4 Å². The maximum Gasteiger partial charge on any atom is 0.255 e. The van der Waals surface area contributed by atoms with Crippen LogP contribution in [0.5, 0.6) is 0 Å². The van der Waals surface area contributed by atoms with Gasteiger partial charge >= 0.3 is 0 Å². The molecule has 1 aromatic carbocycles. The maximum atomic E-state index is 12.8. The molecule has 4 nitrogen and oxygen atoms in total. The molecule has 114 valence electrons. The minimum Gasteiger partial charge on any atom is -0.333 e. The summed E-state index contributed by atoms with van der Waals surface area (Å²) in [7, 11) is 0. The molecule has 0 saturated carbocycles. The molecule has 1 N–H and O–H groups in total. The second-order valence-electron chi connectivity index (χ2n) is 5.81. The van der Waals surface area contributed by atoms with Gasteiger partial charge in [-0.1, -0.05) is 30.3 Å². The Balaban J connectivity index is 1.87. The minimum atomic E-state index is 0.0612. The smallest absolute Gasteiger partial charge is 0.255 e. The van der Waals surface area contributed by atoms with E-state index in [0.29, 0.717) is 11.6 Å². The highest BCUT2D eigenvalue weighted by Gasteiger charge is 2.28. The van der Waals surface area contributed by atoms with Gasteiger partial charge < -0.3 is 10.2 Å². The molecule has 1 aliphatic heterocycles. The van der Waals surface area contributed by atoms with Crippen LogP contribution in [0.3, 0.4) is 0 Å². The van der Waals surface area contributed by atoms with Crippen LogP contribution in [0.1, 0.15) is 24.2 Å². The SMILES string of the molecule is CC1NCCN(C(=O)c2cncc(-c3ccccc3)c2)C1C. The van der Waals surface area contributed by atoms with E-state index in [-0.39, 0.29) is 11.9 Å². The van der Waals surface area contributed by atoms with Gasteiger partial charge in [0.05, 0.1) is 5.56 Å². The molecule has 22 heavy (non-hydrogen) atoms. The van der Waals surface area contributed by atoms with Crippen LogP contribution < -0.4 is 5.32 Å². The van der Waals surface area contributed by atoms with E-state index in [1.165, 1.54) is 0 Å². The quantitative estimate of drug-likeness (QED) is 0.926. The van der Waals surface area contributed by atoms with Crippen LogP contribution in [0, 0.1) is 0 Å². The lowest BCUT2D eigenvalue weighted by Crippen LogP contribution is -2.57. The molecular weight excluding hydrogens is 274 g/mol. The lowest BCUT2D eigenvalue weighted by atomic mass is 10.0. The fourth-order valence-electron chi connectivity index (χ4n) is 2.85. The number of nitrogens with one attached hydrogen (secondary N) is 1. The van der Waals surface area contributed by atoms with Crippen molar-refractivity contribution < 1.29 is 4.79 Å². The molecule has 1 saturated heterocycles. The first kappa shape index (κ1) is 14.7. The second-order valence-corrected chi connectivity index (χ2v) is 5.81. The number of aromatic nitrogens is 1. The number of hydrogen-bond acceptors (Lipinski definition) is 3. The van der Waals surface area contributed by atoms with Gasteiger partial charge in [0.25, 0.3) is 5.91 Å². The van der Waals surface area contributed by atoms with E-state index in [1.807, 2.05) is 41.3 Å². The van der Waals surface area contributed by atoms with Crippen molar-refractivity contribution in [3.63, 3.8) is 0 Å². The van der Waals surface area contributed by atoms with E-state index in [9.17, 15) is 4.79 Å². The van der Waals surface area contributed by atoms with Gasteiger partial charge in [-0.25, -0.2) is 0 Å². The van der Waals surface area contributed by atoms with Crippen LogP contribution in [0.4, 0.5) is 0 Å². The molecule has 0 radical (unpaired) electrons. The fourth-order valence-corrected chi connectivity index (χ4v) is 2.85. The summed E-state index contributed by atoms with van der Waals surface area (Å²) in [4.78, 5) is 19.0. The summed E-state index contributed by atoms with van der Waals surface area (Å²) in [6, 6.07) is 12.4. The van der Waals surface area contributed by atoms with E-state index in [4.69, 9.17) is 0 Å². The fraction of sp³-hybridized carbons (Fsp3) is 0.333. The lowest BCUT2D eigenvalue weighted by molar-refractivity contribution is 0.0602. The molecule has 3 rings (SSSR count). The van der Waals surface area contributed by atoms with Gasteiger partial charge in [0.15, 0.2) is 0 Å². The maximum absolute atomic E-state index is 12.8. The number of piperazine rings is 1. The highest BCUT2D eigenvalue weighted by atomic mass is 16.2. The molecule has 1 amide bonds. The van der Waals surface area contributed by atoms with Crippen molar-refractivity contribution in [3.8, 4) is 11.1 Å². The number of carbonyl (C=O) groups excluding carboxylic acids is 1. The number of pyridine rings is 1. The summed E-state index contributed by atoms with van der Waals surface area (Å²) in [5.41, 5.74) is 2.70. The third-order valence-corrected chi connectivity index (χ3v) is 4.39. The standard InChI is InChI=1S/C18H21N3O/c1-13-14(2)21(9-8-20-13)18(22)17-10-16(11-19-12-17)15-6-4-3-5-7-15/h3-7,10-14,20H,8-9H2,1-2H3. The molecule has 0 spiro atoms. The van der Waals surface area contributed by atoms with Crippen molar-refractivity contribution in [3.05, 3.63) is 54.4 Å². The molecule has 2 atom stereocenters. The third-order valence-electron chi connectivity index (χ3n) is 4.39. The zero-order valence-corrected chi connectivity index (χ0v) is 13.0. The largest absolute Gasteiger partial charge is 0.333 e. The van der Waals surface area contributed by atoms with Crippen molar-refractivity contribution in [2.45, 2.75) is 25.9 Å². The summed E-state index contributed by atoms with van der Waals surface area (Å²) in [6.45, 7) is 5.77. The molecule has 2 aromatic rings. The molecule has 1 aliphatic rings. The number of rotatable bonds is 2. The van der Waals surface area contributed by atoms with Crippen molar-refractivity contribution >= 4 is 5.91 Å². The van der Waals surface area contributed by atoms with Gasteiger partial charge in [-0.3, -0.25) is 9.78 Å². The molecular formula is C18H21N3O. The molecule has 4 heteroatoms. The number of amides is 1. The highest BCUT2D eigenvalue weighted by molar-refractivity contribution is 5.95. The Labute approximate surface area is 131 Å². The van der Waals surface area contributed by atoms with Gasteiger partial charge in [0.1, 0.15) is 0 Å². The molecule has 2 unspecified atom stereocenters. The Kier molecular flexibility index (Phi) is 4.20. The summed E-state index contributed by atoms with van der Waals surface area (Å²) in [5.74, 6) is 0.0612. The number of benzene rings is 1. The zero-order valence-electron chi connectivity index (χ0n) is 13.0. The predicted octanol–water partition coefficient (Wildman–Crippen LogP) is 2.57. The first-order chi connectivity index (χ1) is 10.7. The Morgan fingerprint density at radius 2 is 1.95 bits per heavy atom. The average molecular weight is 295 g/mol. The van der Waals surface area contributed by atoms with Gasteiger partial charge in [0.2, 0.25) is 0 Å². The normalized spacial score (nSPS) is 21.6. The van der Waals surface area contributed by atoms with Crippen LogP contribution in [0.15, 0.2) is 48.8 Å². The third kappa shape index (κ3) is 2.88. The van der Waals surface area contributed by atoms with Crippen LogP contribution >= 0.6 is 0 Å². The Bertz CT molecular complexity index is 656.